The molecule has 0 spiro atoms. The van der Waals surface area contributed by atoms with Gasteiger partial charge in [-0.05, 0) is 11.1 Å². The molecule has 0 radical (unpaired) electrons. The third-order valence-electron chi connectivity index (χ3n) is 5.23. The van der Waals surface area contributed by atoms with Crippen LogP contribution in [0.25, 0.3) is 0 Å². The Kier molecular flexibility index (Phi) is 5.80. The van der Waals surface area contributed by atoms with Gasteiger partial charge in [-0.15, -0.1) is 0 Å². The van der Waals surface area contributed by atoms with E-state index in [2.05, 4.69) is 5.10 Å². The highest BCUT2D eigenvalue weighted by molar-refractivity contribution is 7.88. The molecule has 0 bridgehead atoms. The zero-order valence-corrected chi connectivity index (χ0v) is 17.3. The van der Waals surface area contributed by atoms with Gasteiger partial charge in [0, 0.05) is 37.8 Å². The maximum atomic E-state index is 12.9. The van der Waals surface area contributed by atoms with E-state index in [9.17, 15) is 8.42 Å². The van der Waals surface area contributed by atoms with Crippen LogP contribution in [0.15, 0.2) is 60.7 Å². The van der Waals surface area contributed by atoms with Crippen LogP contribution in [-0.4, -0.2) is 29.0 Å². The summed E-state index contributed by atoms with van der Waals surface area (Å²) in [6.07, 6.45) is 0.658. The van der Waals surface area contributed by atoms with Crippen LogP contribution in [-0.2, 0) is 53.7 Å². The fraction of sp³-hybridized carbons (Fsp3) is 0.318. The number of sulfonamides is 1. The van der Waals surface area contributed by atoms with Crippen LogP contribution in [0.4, 0.5) is 0 Å². The standard InChI is InChI=1S/C22H25N3O3S/c1-24-22-12-13-25(29(26,27)17-19-10-6-3-7-11-19)14-20(22)21(23-24)16-28-15-18-8-4-2-5-9-18/h2-11H,12-17H2,1H3. The number of aromatic nitrogens is 2. The first-order valence-corrected chi connectivity index (χ1v) is 11.3. The first kappa shape index (κ1) is 19.8. The number of nitrogens with zero attached hydrogens (tertiary/aromatic N) is 3. The quantitative estimate of drug-likeness (QED) is 0.600. The lowest BCUT2D eigenvalue weighted by Crippen LogP contribution is -2.37. The van der Waals surface area contributed by atoms with Crippen molar-refractivity contribution in [3.05, 3.63) is 88.7 Å². The fourth-order valence-corrected chi connectivity index (χ4v) is 5.21. The number of benzene rings is 2. The summed E-state index contributed by atoms with van der Waals surface area (Å²) in [6.45, 7) is 1.70. The van der Waals surface area contributed by atoms with E-state index >= 15 is 0 Å². The minimum absolute atomic E-state index is 0.0171. The van der Waals surface area contributed by atoms with Crippen LogP contribution in [0.5, 0.6) is 0 Å². The maximum absolute atomic E-state index is 12.9. The Hall–Kier alpha value is -2.48. The largest absolute Gasteiger partial charge is 0.370 e. The van der Waals surface area contributed by atoms with Gasteiger partial charge in [0.25, 0.3) is 0 Å². The summed E-state index contributed by atoms with van der Waals surface area (Å²) >= 11 is 0. The van der Waals surface area contributed by atoms with Crippen molar-refractivity contribution in [2.24, 2.45) is 7.05 Å². The van der Waals surface area contributed by atoms with Crippen molar-refractivity contribution < 1.29 is 13.2 Å². The summed E-state index contributed by atoms with van der Waals surface area (Å²) < 4.78 is 35.2. The van der Waals surface area contributed by atoms with Crippen molar-refractivity contribution in [1.82, 2.24) is 14.1 Å². The molecule has 0 atom stereocenters. The molecular weight excluding hydrogens is 386 g/mol. The minimum atomic E-state index is -3.39. The number of hydrogen-bond donors (Lipinski definition) is 0. The van der Waals surface area contributed by atoms with E-state index in [1.54, 1.807) is 4.31 Å². The van der Waals surface area contributed by atoms with Crippen LogP contribution >= 0.6 is 0 Å². The molecule has 1 aliphatic heterocycles. The summed E-state index contributed by atoms with van der Waals surface area (Å²) in [6, 6.07) is 19.3. The van der Waals surface area contributed by atoms with Crippen LogP contribution in [0.2, 0.25) is 0 Å². The summed E-state index contributed by atoms with van der Waals surface area (Å²) in [7, 11) is -1.48. The van der Waals surface area contributed by atoms with E-state index < -0.39 is 10.0 Å². The van der Waals surface area contributed by atoms with Gasteiger partial charge < -0.3 is 4.74 Å². The van der Waals surface area contributed by atoms with E-state index in [0.29, 0.717) is 32.7 Å². The van der Waals surface area contributed by atoms with Crippen molar-refractivity contribution >= 4 is 10.0 Å². The van der Waals surface area contributed by atoms with Gasteiger partial charge in [0.2, 0.25) is 10.0 Å². The summed E-state index contributed by atoms with van der Waals surface area (Å²) in [5, 5.41) is 4.59. The van der Waals surface area contributed by atoms with Gasteiger partial charge in [0.15, 0.2) is 0 Å². The van der Waals surface area contributed by atoms with Crippen molar-refractivity contribution in [1.29, 1.82) is 0 Å². The fourth-order valence-electron chi connectivity index (χ4n) is 3.71. The van der Waals surface area contributed by atoms with Crippen molar-refractivity contribution in [2.75, 3.05) is 6.54 Å². The van der Waals surface area contributed by atoms with Crippen LogP contribution < -0.4 is 0 Å². The molecule has 1 aromatic heterocycles. The molecule has 0 fully saturated rings. The van der Waals surface area contributed by atoms with E-state index in [0.717, 1.165) is 28.1 Å². The molecule has 0 saturated heterocycles. The third kappa shape index (κ3) is 4.58. The second kappa shape index (κ2) is 8.49. The molecule has 0 N–H and O–H groups in total. The van der Waals surface area contributed by atoms with Gasteiger partial charge in [-0.3, -0.25) is 4.68 Å². The molecule has 0 saturated carbocycles. The normalized spacial score (nSPS) is 14.7. The topological polar surface area (TPSA) is 64.4 Å². The van der Waals surface area contributed by atoms with Gasteiger partial charge in [-0.1, -0.05) is 60.7 Å². The number of fused-ring (bicyclic) bond motifs is 1. The van der Waals surface area contributed by atoms with Crippen LogP contribution in [0.1, 0.15) is 28.1 Å². The molecule has 0 amide bonds. The molecule has 3 aromatic rings. The van der Waals surface area contributed by atoms with E-state index in [1.807, 2.05) is 72.4 Å². The number of aryl methyl sites for hydroxylation is 1. The number of rotatable bonds is 7. The lowest BCUT2D eigenvalue weighted by atomic mass is 10.1. The molecule has 4 rings (SSSR count). The lowest BCUT2D eigenvalue weighted by molar-refractivity contribution is 0.103. The van der Waals surface area contributed by atoms with Gasteiger partial charge >= 0.3 is 0 Å². The SMILES string of the molecule is Cn1nc(COCc2ccccc2)c2c1CCN(S(=O)(=O)Cc1ccccc1)C2. The Morgan fingerprint density at radius 1 is 0.966 bits per heavy atom. The van der Waals surface area contributed by atoms with Crippen LogP contribution in [0, 0.1) is 0 Å². The highest BCUT2D eigenvalue weighted by Gasteiger charge is 2.30. The molecule has 152 valence electrons. The Morgan fingerprint density at radius 3 is 2.31 bits per heavy atom. The Bertz CT molecular complexity index is 1060. The predicted octanol–water partition coefficient (Wildman–Crippen LogP) is 3.03. The third-order valence-corrected chi connectivity index (χ3v) is 7.02. The van der Waals surface area contributed by atoms with E-state index in [1.165, 1.54) is 0 Å². The van der Waals surface area contributed by atoms with Gasteiger partial charge in [0.1, 0.15) is 0 Å². The second-order valence-electron chi connectivity index (χ2n) is 7.30. The average Bonchev–Trinajstić information content (AvgIpc) is 3.04. The smallest absolute Gasteiger partial charge is 0.218 e. The number of hydrogen-bond acceptors (Lipinski definition) is 4. The first-order valence-electron chi connectivity index (χ1n) is 9.70. The summed E-state index contributed by atoms with van der Waals surface area (Å²) in [4.78, 5) is 0. The predicted molar refractivity (Wildman–Crippen MR) is 111 cm³/mol. The Balaban J connectivity index is 1.46. The molecule has 2 aromatic carbocycles. The zero-order valence-electron chi connectivity index (χ0n) is 16.5. The maximum Gasteiger partial charge on any atom is 0.218 e. The van der Waals surface area contributed by atoms with Gasteiger partial charge in [-0.25, -0.2) is 8.42 Å². The second-order valence-corrected chi connectivity index (χ2v) is 9.27. The summed E-state index contributed by atoms with van der Waals surface area (Å²) in [5.41, 5.74) is 4.79. The molecule has 6 nitrogen and oxygen atoms in total. The average molecular weight is 412 g/mol. The molecule has 29 heavy (non-hydrogen) atoms. The Labute approximate surface area is 171 Å². The zero-order chi connectivity index (χ0) is 20.3. The molecule has 2 heterocycles. The lowest BCUT2D eigenvalue weighted by Gasteiger charge is -2.27. The van der Waals surface area contributed by atoms with Crippen molar-refractivity contribution in [3.63, 3.8) is 0 Å². The number of ether oxygens (including phenoxy) is 1. The molecule has 0 unspecified atom stereocenters. The monoisotopic (exact) mass is 411 g/mol. The minimum Gasteiger partial charge on any atom is -0.370 e. The highest BCUT2D eigenvalue weighted by atomic mass is 32.2. The van der Waals surface area contributed by atoms with Gasteiger partial charge in [0.05, 0.1) is 24.7 Å². The van der Waals surface area contributed by atoms with E-state index in [4.69, 9.17) is 4.74 Å². The molecule has 1 aliphatic rings. The van der Waals surface area contributed by atoms with Gasteiger partial charge in [-0.2, -0.15) is 9.40 Å². The molecule has 7 heteroatoms. The Morgan fingerprint density at radius 2 is 1.62 bits per heavy atom. The molecule has 0 aliphatic carbocycles. The van der Waals surface area contributed by atoms with Crippen molar-refractivity contribution in [3.8, 4) is 0 Å². The first-order chi connectivity index (χ1) is 14.0. The molecular formula is C22H25N3O3S. The van der Waals surface area contributed by atoms with E-state index in [-0.39, 0.29) is 5.75 Å². The van der Waals surface area contributed by atoms with Crippen molar-refractivity contribution in [2.45, 2.75) is 31.9 Å². The highest BCUT2D eigenvalue weighted by Crippen LogP contribution is 2.26. The van der Waals surface area contributed by atoms with Crippen LogP contribution in [0.3, 0.4) is 0 Å². The summed E-state index contributed by atoms with van der Waals surface area (Å²) in [5.74, 6) is 0.0171.